The number of nitrogens with one attached hydrogen (secondary N) is 1. The molecule has 0 bridgehead atoms. The van der Waals surface area contributed by atoms with E-state index in [1.807, 2.05) is 18.2 Å². The molecule has 0 saturated heterocycles. The highest BCUT2D eigenvalue weighted by Crippen LogP contribution is 2.29. The zero-order valence-corrected chi connectivity index (χ0v) is 18.7. The predicted octanol–water partition coefficient (Wildman–Crippen LogP) is -4.33. The fourth-order valence-corrected chi connectivity index (χ4v) is 2.84. The van der Waals surface area contributed by atoms with Crippen molar-refractivity contribution in [3.63, 3.8) is 0 Å². The van der Waals surface area contributed by atoms with Gasteiger partial charge in [-0.1, -0.05) is 17.7 Å². The Morgan fingerprint density at radius 2 is 1.82 bits per heavy atom. The summed E-state index contributed by atoms with van der Waals surface area (Å²) >= 11 is 6.04. The van der Waals surface area contributed by atoms with Crippen molar-refractivity contribution in [1.29, 1.82) is 0 Å². The van der Waals surface area contributed by atoms with Gasteiger partial charge in [-0.3, -0.25) is 0 Å². The zero-order valence-electron chi connectivity index (χ0n) is 16.4. The average Bonchev–Trinajstić information content (AvgIpc) is 2.61. The summed E-state index contributed by atoms with van der Waals surface area (Å²) in [7, 11) is 5.96. The Balaban J connectivity index is 0.00000364. The van der Waals surface area contributed by atoms with E-state index in [9.17, 15) is 4.39 Å². The number of quaternary nitrogens is 2. The minimum Gasteiger partial charge on any atom is -1.00 e. The van der Waals surface area contributed by atoms with E-state index in [4.69, 9.17) is 21.1 Å². The standard InChI is InChI=1S/C20H26ClFN2O2.2ClH/c1-24(2)10-4-9-23-13-15-5-8-19(20(11-15)25-3)26-14-16-6-7-17(22)12-18(16)21;;/h5-8,11-12,23H,4,9-10,13-14H2,1-3H3;2*1H. The third kappa shape index (κ3) is 8.84. The first kappa shape index (κ1) is 26.8. The summed E-state index contributed by atoms with van der Waals surface area (Å²) in [5, 5.41) is 2.66. The first-order valence-corrected chi connectivity index (χ1v) is 9.21. The number of ether oxygens (including phenoxy) is 2. The summed E-state index contributed by atoms with van der Waals surface area (Å²) in [6.45, 7) is 3.45. The average molecular weight is 454 g/mol. The molecular formula is C20H28Cl3FN2O2. The van der Waals surface area contributed by atoms with Crippen molar-refractivity contribution in [1.82, 2.24) is 0 Å². The van der Waals surface area contributed by atoms with Gasteiger partial charge in [-0.05, 0) is 30.3 Å². The van der Waals surface area contributed by atoms with Gasteiger partial charge in [0.15, 0.2) is 11.5 Å². The van der Waals surface area contributed by atoms with Gasteiger partial charge in [0.2, 0.25) is 0 Å². The topological polar surface area (TPSA) is 39.5 Å². The van der Waals surface area contributed by atoms with Crippen molar-refractivity contribution in [3.05, 3.63) is 58.4 Å². The van der Waals surface area contributed by atoms with Crippen molar-refractivity contribution >= 4 is 11.6 Å². The second-order valence-electron chi connectivity index (χ2n) is 6.60. The molecule has 8 heteroatoms. The maximum absolute atomic E-state index is 13.1. The molecular weight excluding hydrogens is 426 g/mol. The minimum atomic E-state index is -0.357. The van der Waals surface area contributed by atoms with E-state index in [1.165, 1.54) is 35.6 Å². The first-order valence-electron chi connectivity index (χ1n) is 8.84. The van der Waals surface area contributed by atoms with E-state index < -0.39 is 0 Å². The van der Waals surface area contributed by atoms with Crippen molar-refractivity contribution in [2.75, 3.05) is 34.3 Å². The van der Waals surface area contributed by atoms with Crippen molar-refractivity contribution < 1.29 is 48.9 Å². The molecule has 2 aromatic rings. The van der Waals surface area contributed by atoms with E-state index in [0.717, 1.165) is 18.7 Å². The molecule has 2 rings (SSSR count). The smallest absolute Gasteiger partial charge is 0.161 e. The van der Waals surface area contributed by atoms with Crippen LogP contribution in [0.3, 0.4) is 0 Å². The Labute approximate surface area is 184 Å². The van der Waals surface area contributed by atoms with Crippen LogP contribution in [0.2, 0.25) is 5.02 Å². The molecule has 0 radical (unpaired) electrons. The van der Waals surface area contributed by atoms with Gasteiger partial charge >= 0.3 is 0 Å². The van der Waals surface area contributed by atoms with E-state index >= 15 is 0 Å². The number of benzene rings is 2. The second-order valence-corrected chi connectivity index (χ2v) is 7.01. The van der Waals surface area contributed by atoms with Crippen molar-refractivity contribution in [3.8, 4) is 11.5 Å². The summed E-state index contributed by atoms with van der Waals surface area (Å²) in [6.07, 6.45) is 1.19. The van der Waals surface area contributed by atoms with Gasteiger partial charge in [-0.15, -0.1) is 0 Å². The SMILES string of the molecule is COc1cc(C[NH2+]CCC[NH+](C)C)ccc1OCc1ccc(F)cc1Cl.[Cl-].[Cl-]. The van der Waals surface area contributed by atoms with Gasteiger partial charge in [0.25, 0.3) is 0 Å². The summed E-state index contributed by atoms with van der Waals surface area (Å²) in [5.41, 5.74) is 1.92. The van der Waals surface area contributed by atoms with Crippen LogP contribution in [-0.4, -0.2) is 34.3 Å². The number of methoxy groups -OCH3 is 1. The molecule has 0 heterocycles. The third-order valence-corrected chi connectivity index (χ3v) is 4.44. The lowest BCUT2D eigenvalue weighted by molar-refractivity contribution is -0.860. The number of nitrogens with two attached hydrogens (primary N) is 1. The Morgan fingerprint density at radius 3 is 2.46 bits per heavy atom. The Bertz CT molecular complexity index is 718. The summed E-state index contributed by atoms with van der Waals surface area (Å²) in [4.78, 5) is 1.47. The van der Waals surface area contributed by atoms with E-state index in [0.29, 0.717) is 16.5 Å². The summed E-state index contributed by atoms with van der Waals surface area (Å²) in [6, 6.07) is 10.2. The molecule has 0 saturated carbocycles. The molecule has 0 aromatic heterocycles. The molecule has 0 spiro atoms. The quantitative estimate of drug-likeness (QED) is 0.357. The maximum atomic E-state index is 13.1. The van der Waals surface area contributed by atoms with Crippen molar-refractivity contribution in [2.45, 2.75) is 19.6 Å². The lowest BCUT2D eigenvalue weighted by atomic mass is 10.2. The second kappa shape index (κ2) is 13.9. The van der Waals surface area contributed by atoms with Gasteiger partial charge in [-0.2, -0.15) is 0 Å². The van der Waals surface area contributed by atoms with E-state index in [2.05, 4.69) is 19.4 Å². The van der Waals surface area contributed by atoms with Crippen LogP contribution in [-0.2, 0) is 13.2 Å². The number of halogens is 4. The fourth-order valence-electron chi connectivity index (χ4n) is 2.62. The van der Waals surface area contributed by atoms with E-state index in [1.54, 1.807) is 13.2 Å². The highest BCUT2D eigenvalue weighted by Gasteiger charge is 2.09. The van der Waals surface area contributed by atoms with Gasteiger partial charge in [-0.25, -0.2) is 4.39 Å². The maximum Gasteiger partial charge on any atom is 0.161 e. The summed E-state index contributed by atoms with van der Waals surface area (Å²) in [5.74, 6) is 0.976. The molecule has 158 valence electrons. The van der Waals surface area contributed by atoms with Crippen LogP contribution >= 0.6 is 11.6 Å². The molecule has 28 heavy (non-hydrogen) atoms. The van der Waals surface area contributed by atoms with Crippen LogP contribution in [0.1, 0.15) is 17.5 Å². The molecule has 0 unspecified atom stereocenters. The number of hydrogen-bond acceptors (Lipinski definition) is 2. The molecule has 0 aliphatic carbocycles. The molecule has 2 aromatic carbocycles. The first-order chi connectivity index (χ1) is 12.5. The molecule has 0 amide bonds. The van der Waals surface area contributed by atoms with Gasteiger partial charge < -0.3 is 44.5 Å². The Hall–Kier alpha value is -1.24. The molecule has 3 N–H and O–H groups in total. The van der Waals surface area contributed by atoms with Crippen LogP contribution in [0.15, 0.2) is 36.4 Å². The largest absolute Gasteiger partial charge is 1.00 e. The van der Waals surface area contributed by atoms with Crippen LogP contribution in [0, 0.1) is 5.82 Å². The Kier molecular flexibility index (Phi) is 13.2. The van der Waals surface area contributed by atoms with Gasteiger partial charge in [0.1, 0.15) is 19.0 Å². The van der Waals surface area contributed by atoms with Crippen LogP contribution in [0.4, 0.5) is 4.39 Å². The van der Waals surface area contributed by atoms with Gasteiger partial charge in [0, 0.05) is 17.5 Å². The van der Waals surface area contributed by atoms with Crippen LogP contribution in [0.25, 0.3) is 0 Å². The predicted molar refractivity (Wildman–Crippen MR) is 102 cm³/mol. The highest BCUT2D eigenvalue weighted by atomic mass is 35.5. The summed E-state index contributed by atoms with van der Waals surface area (Å²) < 4.78 is 24.4. The van der Waals surface area contributed by atoms with Crippen LogP contribution in [0.5, 0.6) is 11.5 Å². The van der Waals surface area contributed by atoms with Crippen molar-refractivity contribution in [2.24, 2.45) is 0 Å². The van der Waals surface area contributed by atoms with Crippen LogP contribution < -0.4 is 44.5 Å². The lowest BCUT2D eigenvalue weighted by Gasteiger charge is -2.13. The monoisotopic (exact) mass is 452 g/mol. The van der Waals surface area contributed by atoms with Gasteiger partial charge in [0.05, 0.1) is 39.3 Å². The normalized spacial score (nSPS) is 10.2. The third-order valence-electron chi connectivity index (χ3n) is 4.09. The highest BCUT2D eigenvalue weighted by molar-refractivity contribution is 6.31. The zero-order chi connectivity index (χ0) is 18.9. The fraction of sp³-hybridized carbons (Fsp3) is 0.400. The minimum absolute atomic E-state index is 0. The van der Waals surface area contributed by atoms with E-state index in [-0.39, 0.29) is 37.2 Å². The molecule has 0 aliphatic rings. The molecule has 0 fully saturated rings. The molecule has 0 aliphatic heterocycles. The lowest BCUT2D eigenvalue weighted by Crippen LogP contribution is -3.06. The number of hydrogen-bond donors (Lipinski definition) is 2. The number of rotatable bonds is 10. The molecule has 4 nitrogen and oxygen atoms in total. The Morgan fingerprint density at radius 1 is 1.07 bits per heavy atom. The molecule has 0 atom stereocenters.